The Kier molecular flexibility index (Phi) is 4.57. The molecule has 0 bridgehead atoms. The molecule has 1 heterocycles. The molecule has 1 fully saturated rings. The highest BCUT2D eigenvalue weighted by atomic mass is 32.1. The average Bonchev–Trinajstić information content (AvgIpc) is 3.06. The summed E-state index contributed by atoms with van der Waals surface area (Å²) in [5.41, 5.74) is 1.39. The molecule has 0 saturated heterocycles. The average molecular weight is 253 g/mol. The fourth-order valence-electron chi connectivity index (χ4n) is 1.98. The van der Waals surface area contributed by atoms with E-state index in [0.717, 1.165) is 25.6 Å². The second kappa shape index (κ2) is 6.17. The van der Waals surface area contributed by atoms with Gasteiger partial charge in [0.1, 0.15) is 0 Å². The predicted molar refractivity (Wildman–Crippen MR) is 69.0 cm³/mol. The first kappa shape index (κ1) is 12.6. The minimum atomic E-state index is -0.101. The van der Waals surface area contributed by atoms with Crippen LogP contribution in [0, 0.1) is 0 Å². The van der Waals surface area contributed by atoms with Crippen LogP contribution in [-0.2, 0) is 16.1 Å². The Morgan fingerprint density at radius 3 is 3.00 bits per heavy atom. The summed E-state index contributed by atoms with van der Waals surface area (Å²) in [5, 5.41) is 4.32. The normalized spacial score (nSPS) is 15.2. The summed E-state index contributed by atoms with van der Waals surface area (Å²) < 4.78 is 4.66. The maximum Gasteiger partial charge on any atom is 0.305 e. The van der Waals surface area contributed by atoms with Crippen molar-refractivity contribution in [2.45, 2.75) is 38.3 Å². The van der Waals surface area contributed by atoms with Crippen LogP contribution in [0.1, 0.15) is 31.2 Å². The molecule has 0 spiro atoms. The molecule has 94 valence electrons. The molecule has 0 aromatic carbocycles. The van der Waals surface area contributed by atoms with E-state index in [1.165, 1.54) is 25.5 Å². The fourth-order valence-corrected chi connectivity index (χ4v) is 2.64. The topological polar surface area (TPSA) is 29.5 Å². The lowest BCUT2D eigenvalue weighted by molar-refractivity contribution is -0.140. The molecule has 1 aromatic heterocycles. The van der Waals surface area contributed by atoms with Crippen molar-refractivity contribution >= 4 is 17.3 Å². The van der Waals surface area contributed by atoms with Crippen LogP contribution >= 0.6 is 11.3 Å². The van der Waals surface area contributed by atoms with Crippen molar-refractivity contribution in [3.05, 3.63) is 22.4 Å². The van der Waals surface area contributed by atoms with Gasteiger partial charge in [-0.1, -0.05) is 0 Å². The van der Waals surface area contributed by atoms with Crippen LogP contribution in [0.4, 0.5) is 0 Å². The molecule has 1 aliphatic carbocycles. The van der Waals surface area contributed by atoms with E-state index in [0.29, 0.717) is 6.42 Å². The van der Waals surface area contributed by atoms with Crippen molar-refractivity contribution in [2.75, 3.05) is 13.7 Å². The molecule has 0 atom stereocenters. The summed E-state index contributed by atoms with van der Waals surface area (Å²) in [6.45, 7) is 2.02. The molecular weight excluding hydrogens is 234 g/mol. The van der Waals surface area contributed by atoms with Gasteiger partial charge in [0.05, 0.1) is 7.11 Å². The molecule has 1 aromatic rings. The predicted octanol–water partition coefficient (Wildman–Crippen LogP) is 2.67. The zero-order valence-corrected chi connectivity index (χ0v) is 11.0. The number of hydrogen-bond donors (Lipinski definition) is 0. The van der Waals surface area contributed by atoms with Crippen LogP contribution in [0.3, 0.4) is 0 Å². The third-order valence-corrected chi connectivity index (χ3v) is 3.81. The SMILES string of the molecule is COC(=O)CCCN(Cc1ccsc1)C1CC1. The van der Waals surface area contributed by atoms with Gasteiger partial charge in [0.25, 0.3) is 0 Å². The van der Waals surface area contributed by atoms with Crippen LogP contribution in [-0.4, -0.2) is 30.6 Å². The van der Waals surface area contributed by atoms with Crippen molar-refractivity contribution in [3.8, 4) is 0 Å². The third kappa shape index (κ3) is 4.13. The van der Waals surface area contributed by atoms with E-state index >= 15 is 0 Å². The van der Waals surface area contributed by atoms with Crippen LogP contribution in [0.15, 0.2) is 16.8 Å². The molecule has 17 heavy (non-hydrogen) atoms. The van der Waals surface area contributed by atoms with Gasteiger partial charge in [0.15, 0.2) is 0 Å². The van der Waals surface area contributed by atoms with Gasteiger partial charge in [-0.15, -0.1) is 0 Å². The molecule has 1 aliphatic rings. The van der Waals surface area contributed by atoms with E-state index in [9.17, 15) is 4.79 Å². The summed E-state index contributed by atoms with van der Waals surface area (Å²) in [4.78, 5) is 13.5. The standard InChI is InChI=1S/C13H19NO2S/c1-16-13(15)3-2-7-14(12-4-5-12)9-11-6-8-17-10-11/h6,8,10,12H,2-5,7,9H2,1H3. The highest BCUT2D eigenvalue weighted by Gasteiger charge is 2.28. The Labute approximate surface area is 106 Å². The second-order valence-electron chi connectivity index (χ2n) is 4.51. The van der Waals surface area contributed by atoms with Crippen LogP contribution < -0.4 is 0 Å². The summed E-state index contributed by atoms with van der Waals surface area (Å²) in [7, 11) is 1.45. The highest BCUT2D eigenvalue weighted by Crippen LogP contribution is 2.28. The van der Waals surface area contributed by atoms with Gasteiger partial charge in [0, 0.05) is 19.0 Å². The lowest BCUT2D eigenvalue weighted by atomic mass is 10.2. The van der Waals surface area contributed by atoms with Gasteiger partial charge in [-0.25, -0.2) is 0 Å². The van der Waals surface area contributed by atoms with Crippen LogP contribution in [0.25, 0.3) is 0 Å². The molecule has 0 N–H and O–H groups in total. The van der Waals surface area contributed by atoms with Gasteiger partial charge in [0.2, 0.25) is 0 Å². The Morgan fingerprint density at radius 2 is 2.41 bits per heavy atom. The van der Waals surface area contributed by atoms with Crippen molar-refractivity contribution in [3.63, 3.8) is 0 Å². The number of thiophene rings is 1. The molecule has 0 aliphatic heterocycles. The molecular formula is C13H19NO2S. The van der Waals surface area contributed by atoms with Crippen molar-refractivity contribution < 1.29 is 9.53 Å². The maximum absolute atomic E-state index is 11.1. The molecule has 0 amide bonds. The second-order valence-corrected chi connectivity index (χ2v) is 5.29. The van der Waals surface area contributed by atoms with Gasteiger partial charge in [-0.2, -0.15) is 11.3 Å². The van der Waals surface area contributed by atoms with Crippen LogP contribution in [0.2, 0.25) is 0 Å². The largest absolute Gasteiger partial charge is 0.469 e. The molecule has 3 nitrogen and oxygen atoms in total. The van der Waals surface area contributed by atoms with Crippen LogP contribution in [0.5, 0.6) is 0 Å². The lowest BCUT2D eigenvalue weighted by Gasteiger charge is -2.21. The van der Waals surface area contributed by atoms with Crippen molar-refractivity contribution in [1.82, 2.24) is 4.90 Å². The number of hydrogen-bond acceptors (Lipinski definition) is 4. The minimum Gasteiger partial charge on any atom is -0.469 e. The van der Waals surface area contributed by atoms with E-state index in [1.54, 1.807) is 11.3 Å². The number of ether oxygens (including phenoxy) is 1. The van der Waals surface area contributed by atoms with Gasteiger partial charge in [-0.05, 0) is 48.2 Å². The number of carbonyl (C=O) groups excluding carboxylic acids is 1. The zero-order chi connectivity index (χ0) is 12.1. The number of rotatable bonds is 7. The monoisotopic (exact) mass is 253 g/mol. The van der Waals surface area contributed by atoms with E-state index in [1.807, 2.05) is 0 Å². The zero-order valence-electron chi connectivity index (χ0n) is 10.2. The summed E-state index contributed by atoms with van der Waals surface area (Å²) in [6.07, 6.45) is 4.04. The number of methoxy groups -OCH3 is 1. The Bertz CT molecular complexity index is 346. The Hall–Kier alpha value is -0.870. The van der Waals surface area contributed by atoms with Crippen molar-refractivity contribution in [2.24, 2.45) is 0 Å². The summed E-state index contributed by atoms with van der Waals surface area (Å²) in [5.74, 6) is -0.101. The molecule has 0 radical (unpaired) electrons. The highest BCUT2D eigenvalue weighted by molar-refractivity contribution is 7.07. The Morgan fingerprint density at radius 1 is 1.59 bits per heavy atom. The van der Waals surface area contributed by atoms with Crippen molar-refractivity contribution in [1.29, 1.82) is 0 Å². The van der Waals surface area contributed by atoms with E-state index < -0.39 is 0 Å². The molecule has 2 rings (SSSR count). The van der Waals surface area contributed by atoms with Gasteiger partial charge in [-0.3, -0.25) is 9.69 Å². The quantitative estimate of drug-likeness (QED) is 0.700. The first-order chi connectivity index (χ1) is 8.29. The van der Waals surface area contributed by atoms with E-state index in [4.69, 9.17) is 0 Å². The number of nitrogens with zero attached hydrogens (tertiary/aromatic N) is 1. The van der Waals surface area contributed by atoms with Gasteiger partial charge < -0.3 is 4.74 Å². The molecule has 0 unspecified atom stereocenters. The lowest BCUT2D eigenvalue weighted by Crippen LogP contribution is -2.27. The first-order valence-electron chi connectivity index (χ1n) is 6.11. The summed E-state index contributed by atoms with van der Waals surface area (Å²) in [6, 6.07) is 2.92. The third-order valence-electron chi connectivity index (χ3n) is 3.08. The summed E-state index contributed by atoms with van der Waals surface area (Å²) >= 11 is 1.75. The number of carbonyl (C=O) groups is 1. The molecule has 4 heteroatoms. The van der Waals surface area contributed by atoms with E-state index in [2.05, 4.69) is 26.5 Å². The van der Waals surface area contributed by atoms with Gasteiger partial charge >= 0.3 is 5.97 Å². The fraction of sp³-hybridized carbons (Fsp3) is 0.615. The minimum absolute atomic E-state index is 0.101. The smallest absolute Gasteiger partial charge is 0.305 e. The Balaban J connectivity index is 1.75. The maximum atomic E-state index is 11.1. The first-order valence-corrected chi connectivity index (χ1v) is 7.06. The van der Waals surface area contributed by atoms with E-state index in [-0.39, 0.29) is 5.97 Å². The molecule has 1 saturated carbocycles. The number of esters is 1.